The van der Waals surface area contributed by atoms with E-state index in [1.807, 2.05) is 49.4 Å². The lowest BCUT2D eigenvalue weighted by Crippen LogP contribution is -2.15. The fourth-order valence-electron chi connectivity index (χ4n) is 1.21. The normalized spacial score (nSPS) is 11.7. The summed E-state index contributed by atoms with van der Waals surface area (Å²) in [5, 5.41) is 11.0. The topological polar surface area (TPSA) is 23.5 Å². The molecule has 0 aliphatic heterocycles. The van der Waals surface area contributed by atoms with Crippen molar-refractivity contribution in [3.8, 4) is 0 Å². The van der Waals surface area contributed by atoms with E-state index in [2.05, 4.69) is 6.58 Å². The zero-order chi connectivity index (χ0) is 11.1. The number of para-hydroxylation sites is 1. The molecule has 0 bridgehead atoms. The maximum atomic E-state index is 9.91. The molecule has 0 fully saturated rings. The first-order valence-corrected chi connectivity index (χ1v) is 4.79. The van der Waals surface area contributed by atoms with E-state index in [-0.39, 0.29) is 0 Å². The van der Waals surface area contributed by atoms with Gasteiger partial charge in [-0.3, -0.25) is 5.21 Å². The second kappa shape index (κ2) is 5.83. The van der Waals surface area contributed by atoms with Crippen LogP contribution in [0.4, 0.5) is 5.69 Å². The first kappa shape index (κ1) is 11.3. The fourth-order valence-corrected chi connectivity index (χ4v) is 1.21. The summed E-state index contributed by atoms with van der Waals surface area (Å²) in [5.41, 5.74) is 1.41. The van der Waals surface area contributed by atoms with Gasteiger partial charge >= 0.3 is 0 Å². The van der Waals surface area contributed by atoms with Gasteiger partial charge in [0, 0.05) is 0 Å². The van der Waals surface area contributed by atoms with Crippen LogP contribution in [-0.2, 0) is 0 Å². The van der Waals surface area contributed by atoms with Gasteiger partial charge in [-0.25, -0.2) is 5.06 Å². The summed E-state index contributed by atoms with van der Waals surface area (Å²) in [5.74, 6) is 0. The molecule has 0 amide bonds. The van der Waals surface area contributed by atoms with Gasteiger partial charge in [-0.2, -0.15) is 0 Å². The van der Waals surface area contributed by atoms with Gasteiger partial charge in [0.05, 0.1) is 11.4 Å². The number of nitrogens with zero attached hydrogens (tertiary/aromatic N) is 1. The smallest absolute Gasteiger partial charge is 0.0693 e. The molecule has 0 aromatic heterocycles. The van der Waals surface area contributed by atoms with Crippen molar-refractivity contribution in [1.29, 1.82) is 0 Å². The summed E-state index contributed by atoms with van der Waals surface area (Å²) in [4.78, 5) is 0. The summed E-state index contributed by atoms with van der Waals surface area (Å²) in [6.07, 6.45) is 7.06. The SMILES string of the molecule is C=C/C=C(\C=C/C)N(O)c1ccccc1. The molecule has 0 radical (unpaired) electrons. The quantitative estimate of drug-likeness (QED) is 0.595. The zero-order valence-electron chi connectivity index (χ0n) is 8.80. The molecule has 78 valence electrons. The maximum Gasteiger partial charge on any atom is 0.0693 e. The number of hydroxylamine groups is 1. The molecule has 0 saturated carbocycles. The molecule has 0 atom stereocenters. The highest BCUT2D eigenvalue weighted by Crippen LogP contribution is 2.16. The average molecular weight is 201 g/mol. The molecule has 0 heterocycles. The van der Waals surface area contributed by atoms with E-state index in [1.54, 1.807) is 12.2 Å². The summed E-state index contributed by atoms with van der Waals surface area (Å²) in [7, 11) is 0. The third-order valence-corrected chi connectivity index (χ3v) is 1.87. The van der Waals surface area contributed by atoms with Gasteiger partial charge in [0.2, 0.25) is 0 Å². The minimum atomic E-state index is 0.679. The Morgan fingerprint density at radius 3 is 2.53 bits per heavy atom. The molecule has 0 saturated heterocycles. The first-order chi connectivity index (χ1) is 7.29. The van der Waals surface area contributed by atoms with Gasteiger partial charge in [0.1, 0.15) is 0 Å². The van der Waals surface area contributed by atoms with Crippen LogP contribution in [0.2, 0.25) is 0 Å². The lowest BCUT2D eigenvalue weighted by Gasteiger charge is -2.17. The Labute approximate surface area is 90.4 Å². The lowest BCUT2D eigenvalue weighted by atomic mass is 10.2. The molecule has 1 aromatic carbocycles. The first-order valence-electron chi connectivity index (χ1n) is 4.79. The zero-order valence-corrected chi connectivity index (χ0v) is 8.80. The van der Waals surface area contributed by atoms with E-state index >= 15 is 0 Å². The third-order valence-electron chi connectivity index (χ3n) is 1.87. The van der Waals surface area contributed by atoms with Crippen LogP contribution in [0.1, 0.15) is 6.92 Å². The van der Waals surface area contributed by atoms with E-state index in [0.717, 1.165) is 10.8 Å². The van der Waals surface area contributed by atoms with Crippen LogP contribution in [0.25, 0.3) is 0 Å². The summed E-state index contributed by atoms with van der Waals surface area (Å²) in [6.45, 7) is 5.51. The van der Waals surface area contributed by atoms with Crippen molar-refractivity contribution in [2.45, 2.75) is 6.92 Å². The highest BCUT2D eigenvalue weighted by atomic mass is 16.5. The Bertz CT molecular complexity index is 365. The highest BCUT2D eigenvalue weighted by Gasteiger charge is 2.04. The summed E-state index contributed by atoms with van der Waals surface area (Å²) >= 11 is 0. The Balaban J connectivity index is 2.96. The molecule has 1 rings (SSSR count). The van der Waals surface area contributed by atoms with Crippen molar-refractivity contribution in [3.63, 3.8) is 0 Å². The van der Waals surface area contributed by atoms with Crippen LogP contribution in [0, 0.1) is 0 Å². The molecule has 2 nitrogen and oxygen atoms in total. The molecular weight excluding hydrogens is 186 g/mol. The number of anilines is 1. The Morgan fingerprint density at radius 2 is 2.00 bits per heavy atom. The van der Waals surface area contributed by atoms with Gasteiger partial charge in [0.15, 0.2) is 0 Å². The number of hydrogen-bond acceptors (Lipinski definition) is 2. The Kier molecular flexibility index (Phi) is 4.38. The maximum absolute atomic E-state index is 9.91. The van der Waals surface area contributed by atoms with Crippen LogP contribution in [0.3, 0.4) is 0 Å². The molecule has 0 unspecified atom stereocenters. The van der Waals surface area contributed by atoms with E-state index in [0.29, 0.717) is 5.70 Å². The largest absolute Gasteiger partial charge is 0.284 e. The van der Waals surface area contributed by atoms with Gasteiger partial charge in [0.25, 0.3) is 0 Å². The predicted octanol–water partition coefficient (Wildman–Crippen LogP) is 3.53. The van der Waals surface area contributed by atoms with E-state index < -0.39 is 0 Å². The standard InChI is InChI=1S/C13H15NO/c1-3-8-12(9-4-2)14(15)13-10-6-5-7-11-13/h3-11,15H,1H2,2H3/b9-4-,12-8+. The van der Waals surface area contributed by atoms with E-state index in [1.165, 1.54) is 0 Å². The molecule has 0 aliphatic rings. The number of hydrogen-bond donors (Lipinski definition) is 1. The van der Waals surface area contributed by atoms with Crippen LogP contribution in [0.5, 0.6) is 0 Å². The van der Waals surface area contributed by atoms with Crippen LogP contribution in [0.15, 0.2) is 66.9 Å². The van der Waals surface area contributed by atoms with Crippen LogP contribution >= 0.6 is 0 Å². The minimum absolute atomic E-state index is 0.679. The second-order valence-corrected chi connectivity index (χ2v) is 2.97. The van der Waals surface area contributed by atoms with Crippen LogP contribution in [-0.4, -0.2) is 5.21 Å². The molecule has 0 aliphatic carbocycles. The molecule has 1 aromatic rings. The van der Waals surface area contributed by atoms with E-state index in [4.69, 9.17) is 0 Å². The van der Waals surface area contributed by atoms with Crippen molar-refractivity contribution in [1.82, 2.24) is 0 Å². The van der Waals surface area contributed by atoms with Crippen molar-refractivity contribution in [2.24, 2.45) is 0 Å². The van der Waals surface area contributed by atoms with Crippen molar-refractivity contribution in [3.05, 3.63) is 66.9 Å². The number of benzene rings is 1. The van der Waals surface area contributed by atoms with Crippen LogP contribution < -0.4 is 5.06 Å². The molecule has 0 spiro atoms. The summed E-state index contributed by atoms with van der Waals surface area (Å²) in [6, 6.07) is 9.32. The van der Waals surface area contributed by atoms with E-state index in [9.17, 15) is 5.21 Å². The fraction of sp³-hybridized carbons (Fsp3) is 0.0769. The average Bonchev–Trinajstić information content (AvgIpc) is 2.29. The Morgan fingerprint density at radius 1 is 1.33 bits per heavy atom. The van der Waals surface area contributed by atoms with Gasteiger partial charge < -0.3 is 0 Å². The monoisotopic (exact) mass is 201 g/mol. The third kappa shape index (κ3) is 3.11. The molecule has 1 N–H and O–H groups in total. The van der Waals surface area contributed by atoms with Gasteiger partial charge in [-0.15, -0.1) is 0 Å². The summed E-state index contributed by atoms with van der Waals surface area (Å²) < 4.78 is 0. The number of allylic oxidation sites excluding steroid dienone is 4. The van der Waals surface area contributed by atoms with Gasteiger partial charge in [-0.05, 0) is 31.2 Å². The van der Waals surface area contributed by atoms with Crippen molar-refractivity contribution >= 4 is 5.69 Å². The highest BCUT2D eigenvalue weighted by molar-refractivity contribution is 5.51. The van der Waals surface area contributed by atoms with Crippen molar-refractivity contribution in [2.75, 3.05) is 5.06 Å². The number of rotatable bonds is 4. The molecule has 15 heavy (non-hydrogen) atoms. The molecule has 2 heteroatoms. The molecular formula is C13H15NO. The Hall–Kier alpha value is -1.80. The van der Waals surface area contributed by atoms with Crippen molar-refractivity contribution < 1.29 is 5.21 Å². The van der Waals surface area contributed by atoms with Gasteiger partial charge in [-0.1, -0.05) is 36.9 Å². The minimum Gasteiger partial charge on any atom is -0.284 e. The predicted molar refractivity (Wildman–Crippen MR) is 63.8 cm³/mol. The lowest BCUT2D eigenvalue weighted by molar-refractivity contribution is 0.287. The second-order valence-electron chi connectivity index (χ2n) is 2.97.